The molecule has 23 heavy (non-hydrogen) atoms. The lowest BCUT2D eigenvalue weighted by Crippen LogP contribution is -2.11. The summed E-state index contributed by atoms with van der Waals surface area (Å²) in [6.45, 7) is 4.68. The Bertz CT molecular complexity index is 830. The van der Waals surface area contributed by atoms with E-state index in [9.17, 15) is 4.79 Å². The summed E-state index contributed by atoms with van der Waals surface area (Å²) in [6.07, 6.45) is 1.72. The molecule has 0 aliphatic rings. The lowest BCUT2D eigenvalue weighted by molar-refractivity contribution is 0.100. The first-order valence-corrected chi connectivity index (χ1v) is 7.53. The summed E-state index contributed by atoms with van der Waals surface area (Å²) in [4.78, 5) is 11.7. The highest BCUT2D eigenvalue weighted by Gasteiger charge is 2.15. The van der Waals surface area contributed by atoms with Gasteiger partial charge in [-0.3, -0.25) is 9.48 Å². The van der Waals surface area contributed by atoms with Crippen LogP contribution in [0.5, 0.6) is 0 Å². The molecular formula is C19H19N3O. The molecule has 3 aromatic rings. The van der Waals surface area contributed by atoms with Gasteiger partial charge in [-0.2, -0.15) is 5.10 Å². The number of aryl methyl sites for hydroxylation is 2. The summed E-state index contributed by atoms with van der Waals surface area (Å²) in [5.74, 6) is -0.462. The van der Waals surface area contributed by atoms with Crippen LogP contribution in [0.25, 0.3) is 11.3 Å². The second-order valence-corrected chi connectivity index (χ2v) is 5.80. The van der Waals surface area contributed by atoms with E-state index < -0.39 is 5.91 Å². The molecule has 0 aliphatic carbocycles. The molecule has 0 aliphatic heterocycles. The third-order valence-electron chi connectivity index (χ3n) is 3.82. The summed E-state index contributed by atoms with van der Waals surface area (Å²) < 4.78 is 1.76. The van der Waals surface area contributed by atoms with Gasteiger partial charge in [0.25, 0.3) is 5.91 Å². The van der Waals surface area contributed by atoms with E-state index in [0.717, 1.165) is 16.7 Å². The quantitative estimate of drug-likeness (QED) is 0.804. The van der Waals surface area contributed by atoms with Crippen molar-refractivity contribution in [3.05, 3.63) is 77.0 Å². The number of carbonyl (C=O) groups excluding carboxylic acids is 1. The Kier molecular flexibility index (Phi) is 3.98. The average Bonchev–Trinajstić information content (AvgIpc) is 2.94. The molecule has 1 heterocycles. The maximum atomic E-state index is 11.7. The maximum absolute atomic E-state index is 11.7. The van der Waals surface area contributed by atoms with Crippen molar-refractivity contribution >= 4 is 5.91 Å². The van der Waals surface area contributed by atoms with Gasteiger partial charge in [-0.15, -0.1) is 0 Å². The normalized spacial score (nSPS) is 10.7. The van der Waals surface area contributed by atoms with E-state index in [1.54, 1.807) is 10.9 Å². The van der Waals surface area contributed by atoms with Crippen molar-refractivity contribution in [2.45, 2.75) is 20.4 Å². The Labute approximate surface area is 135 Å². The Morgan fingerprint density at radius 1 is 1.00 bits per heavy atom. The fraction of sp³-hybridized carbons (Fsp3) is 0.158. The van der Waals surface area contributed by atoms with Crippen molar-refractivity contribution in [3.63, 3.8) is 0 Å². The lowest BCUT2D eigenvalue weighted by Gasteiger charge is -2.03. The van der Waals surface area contributed by atoms with Crippen LogP contribution in [0.1, 0.15) is 27.0 Å². The second kappa shape index (κ2) is 6.08. The van der Waals surface area contributed by atoms with Crippen molar-refractivity contribution in [2.75, 3.05) is 0 Å². The molecule has 4 heteroatoms. The van der Waals surface area contributed by atoms with E-state index in [-0.39, 0.29) is 0 Å². The van der Waals surface area contributed by atoms with Gasteiger partial charge >= 0.3 is 0 Å². The van der Waals surface area contributed by atoms with Crippen LogP contribution in [-0.4, -0.2) is 15.7 Å². The van der Waals surface area contributed by atoms with Gasteiger partial charge in [0.05, 0.1) is 12.1 Å². The monoisotopic (exact) mass is 305 g/mol. The molecule has 0 unspecified atom stereocenters. The Morgan fingerprint density at radius 2 is 1.57 bits per heavy atom. The molecule has 2 aromatic carbocycles. The van der Waals surface area contributed by atoms with Crippen LogP contribution in [-0.2, 0) is 6.54 Å². The molecule has 0 fully saturated rings. The second-order valence-electron chi connectivity index (χ2n) is 5.80. The fourth-order valence-corrected chi connectivity index (χ4v) is 2.49. The van der Waals surface area contributed by atoms with Crippen molar-refractivity contribution < 1.29 is 4.79 Å². The van der Waals surface area contributed by atoms with E-state index in [0.29, 0.717) is 17.8 Å². The lowest BCUT2D eigenvalue weighted by atomic mass is 10.1. The van der Waals surface area contributed by atoms with Crippen LogP contribution < -0.4 is 5.73 Å². The van der Waals surface area contributed by atoms with E-state index in [1.165, 1.54) is 5.56 Å². The highest BCUT2D eigenvalue weighted by atomic mass is 16.1. The number of rotatable bonds is 4. The van der Waals surface area contributed by atoms with Gasteiger partial charge in [0.15, 0.2) is 0 Å². The Morgan fingerprint density at radius 3 is 2.13 bits per heavy atom. The van der Waals surface area contributed by atoms with E-state index >= 15 is 0 Å². The minimum atomic E-state index is -0.462. The van der Waals surface area contributed by atoms with Crippen molar-refractivity contribution in [1.82, 2.24) is 9.78 Å². The summed E-state index contributed by atoms with van der Waals surface area (Å²) in [5, 5.41) is 4.56. The van der Waals surface area contributed by atoms with Crippen molar-refractivity contribution in [3.8, 4) is 11.3 Å². The zero-order valence-corrected chi connectivity index (χ0v) is 13.3. The zero-order valence-electron chi connectivity index (χ0n) is 13.3. The van der Waals surface area contributed by atoms with Crippen molar-refractivity contribution in [2.24, 2.45) is 5.73 Å². The van der Waals surface area contributed by atoms with Gasteiger partial charge in [-0.1, -0.05) is 59.7 Å². The molecule has 0 atom stereocenters. The van der Waals surface area contributed by atoms with E-state index in [2.05, 4.69) is 36.3 Å². The van der Waals surface area contributed by atoms with Gasteiger partial charge in [-0.05, 0) is 19.4 Å². The van der Waals surface area contributed by atoms with Crippen LogP contribution in [0.2, 0.25) is 0 Å². The minimum absolute atomic E-state index is 0.445. The highest BCUT2D eigenvalue weighted by Crippen LogP contribution is 2.22. The summed E-state index contributed by atoms with van der Waals surface area (Å²) in [6, 6.07) is 16.2. The van der Waals surface area contributed by atoms with E-state index in [4.69, 9.17) is 5.73 Å². The number of amides is 1. The summed E-state index contributed by atoms with van der Waals surface area (Å²) in [7, 11) is 0. The third kappa shape index (κ3) is 3.31. The number of benzene rings is 2. The maximum Gasteiger partial charge on any atom is 0.252 e. The molecule has 0 bridgehead atoms. The molecule has 1 aromatic heterocycles. The number of primary amides is 1. The third-order valence-corrected chi connectivity index (χ3v) is 3.82. The average molecular weight is 305 g/mol. The first-order chi connectivity index (χ1) is 11.0. The molecule has 0 saturated heterocycles. The van der Waals surface area contributed by atoms with Gasteiger partial charge in [-0.25, -0.2) is 0 Å². The summed E-state index contributed by atoms with van der Waals surface area (Å²) in [5.41, 5.74) is 11.0. The predicted octanol–water partition coefficient (Wildman–Crippen LogP) is 3.31. The van der Waals surface area contributed by atoms with E-state index in [1.807, 2.05) is 31.2 Å². The molecule has 1 amide bonds. The number of nitrogens with two attached hydrogens (primary N) is 1. The topological polar surface area (TPSA) is 60.9 Å². The van der Waals surface area contributed by atoms with Gasteiger partial charge in [0.1, 0.15) is 5.69 Å². The largest absolute Gasteiger partial charge is 0.365 e. The summed E-state index contributed by atoms with van der Waals surface area (Å²) >= 11 is 0. The SMILES string of the molecule is Cc1ccc(Cn2cc(C(N)=O)c(-c3ccc(C)cc3)n2)cc1. The number of hydrogen-bond donors (Lipinski definition) is 1. The Balaban J connectivity index is 1.96. The molecule has 0 radical (unpaired) electrons. The van der Waals surface area contributed by atoms with Crippen LogP contribution in [0.3, 0.4) is 0 Å². The molecule has 4 nitrogen and oxygen atoms in total. The molecule has 0 saturated carbocycles. The van der Waals surface area contributed by atoms with Crippen LogP contribution in [0, 0.1) is 13.8 Å². The standard InChI is InChI=1S/C19H19N3O/c1-13-3-7-15(8-4-13)11-22-12-17(19(20)23)18(21-22)16-9-5-14(2)6-10-16/h3-10,12H,11H2,1-2H3,(H2,20,23). The van der Waals surface area contributed by atoms with Crippen LogP contribution in [0.4, 0.5) is 0 Å². The van der Waals surface area contributed by atoms with Gasteiger partial charge < -0.3 is 5.73 Å². The highest BCUT2D eigenvalue weighted by molar-refractivity contribution is 5.98. The number of hydrogen-bond acceptors (Lipinski definition) is 2. The number of carbonyl (C=O) groups is 1. The van der Waals surface area contributed by atoms with Crippen molar-refractivity contribution in [1.29, 1.82) is 0 Å². The minimum Gasteiger partial charge on any atom is -0.365 e. The smallest absolute Gasteiger partial charge is 0.252 e. The van der Waals surface area contributed by atoms with Gasteiger partial charge in [0, 0.05) is 11.8 Å². The van der Waals surface area contributed by atoms with Crippen LogP contribution in [0.15, 0.2) is 54.7 Å². The first-order valence-electron chi connectivity index (χ1n) is 7.53. The molecule has 3 rings (SSSR count). The number of nitrogens with zero attached hydrogens (tertiary/aromatic N) is 2. The fourth-order valence-electron chi connectivity index (χ4n) is 2.49. The zero-order chi connectivity index (χ0) is 16.4. The molecular weight excluding hydrogens is 286 g/mol. The Hall–Kier alpha value is -2.88. The van der Waals surface area contributed by atoms with Gasteiger partial charge in [0.2, 0.25) is 0 Å². The molecule has 2 N–H and O–H groups in total. The molecule has 116 valence electrons. The predicted molar refractivity (Wildman–Crippen MR) is 91.2 cm³/mol. The van der Waals surface area contributed by atoms with Crippen LogP contribution >= 0.6 is 0 Å². The molecule has 0 spiro atoms. The number of aromatic nitrogens is 2. The first kappa shape index (κ1) is 15.0.